The van der Waals surface area contributed by atoms with Crippen LogP contribution in [0.2, 0.25) is 0 Å². The molecule has 0 unspecified atom stereocenters. The van der Waals surface area contributed by atoms with Gasteiger partial charge < -0.3 is 15.1 Å². The standard InChI is InChI=1S/C15H24FN3/c1-17-12-13-6-5-7-14(16)15(13)18(2)10-11-19-8-3-4-9-19/h5-7,17H,3-4,8-12H2,1-2H3. The second-order valence-electron chi connectivity index (χ2n) is 5.25. The molecule has 1 heterocycles. The summed E-state index contributed by atoms with van der Waals surface area (Å²) in [5, 5.41) is 3.10. The molecular weight excluding hydrogens is 241 g/mol. The molecule has 1 saturated heterocycles. The van der Waals surface area contributed by atoms with Crippen molar-refractivity contribution in [1.29, 1.82) is 0 Å². The van der Waals surface area contributed by atoms with Gasteiger partial charge in [-0.1, -0.05) is 12.1 Å². The molecule has 0 aliphatic carbocycles. The first-order chi connectivity index (χ1) is 9.22. The number of nitrogens with one attached hydrogen (secondary N) is 1. The summed E-state index contributed by atoms with van der Waals surface area (Å²) in [5.74, 6) is -0.128. The summed E-state index contributed by atoms with van der Waals surface area (Å²) in [4.78, 5) is 4.50. The molecule has 0 spiro atoms. The maximum atomic E-state index is 14.0. The second-order valence-corrected chi connectivity index (χ2v) is 5.25. The van der Waals surface area contributed by atoms with Crippen LogP contribution in [-0.2, 0) is 6.54 Å². The van der Waals surface area contributed by atoms with Gasteiger partial charge in [0.15, 0.2) is 0 Å². The van der Waals surface area contributed by atoms with E-state index in [1.807, 2.05) is 25.1 Å². The number of benzene rings is 1. The lowest BCUT2D eigenvalue weighted by molar-refractivity contribution is 0.346. The summed E-state index contributed by atoms with van der Waals surface area (Å²) in [7, 11) is 3.87. The minimum absolute atomic E-state index is 0.128. The summed E-state index contributed by atoms with van der Waals surface area (Å²) < 4.78 is 14.0. The van der Waals surface area contributed by atoms with Gasteiger partial charge in [-0.05, 0) is 44.6 Å². The van der Waals surface area contributed by atoms with Crippen LogP contribution in [0.5, 0.6) is 0 Å². The maximum Gasteiger partial charge on any atom is 0.146 e. The Morgan fingerprint density at radius 1 is 1.32 bits per heavy atom. The third-order valence-electron chi connectivity index (χ3n) is 3.77. The third kappa shape index (κ3) is 3.67. The summed E-state index contributed by atoms with van der Waals surface area (Å²) in [6.45, 7) is 4.96. The zero-order chi connectivity index (χ0) is 13.7. The summed E-state index contributed by atoms with van der Waals surface area (Å²) in [6, 6.07) is 5.31. The van der Waals surface area contributed by atoms with Crippen molar-refractivity contribution in [2.75, 3.05) is 45.2 Å². The SMILES string of the molecule is CNCc1cccc(F)c1N(C)CCN1CCCC1. The smallest absolute Gasteiger partial charge is 0.146 e. The summed E-state index contributed by atoms with van der Waals surface area (Å²) >= 11 is 0. The molecule has 1 aromatic carbocycles. The number of likely N-dealkylation sites (N-methyl/N-ethyl adjacent to an activating group) is 1. The molecule has 0 bridgehead atoms. The summed E-state index contributed by atoms with van der Waals surface area (Å²) in [5.41, 5.74) is 1.75. The fourth-order valence-electron chi connectivity index (χ4n) is 2.73. The van der Waals surface area contributed by atoms with E-state index in [0.717, 1.165) is 24.3 Å². The number of halogens is 1. The Hall–Kier alpha value is -1.13. The molecule has 1 aliphatic heterocycles. The lowest BCUT2D eigenvalue weighted by Crippen LogP contribution is -2.32. The molecule has 106 valence electrons. The molecule has 1 aliphatic rings. The van der Waals surface area contributed by atoms with Gasteiger partial charge in [0.1, 0.15) is 5.82 Å². The van der Waals surface area contributed by atoms with Crippen molar-refractivity contribution in [3.63, 3.8) is 0 Å². The van der Waals surface area contributed by atoms with Crippen molar-refractivity contribution in [2.45, 2.75) is 19.4 Å². The van der Waals surface area contributed by atoms with E-state index in [4.69, 9.17) is 0 Å². The Morgan fingerprint density at radius 3 is 2.74 bits per heavy atom. The second kappa shape index (κ2) is 6.87. The first-order valence-corrected chi connectivity index (χ1v) is 7.08. The van der Waals surface area contributed by atoms with E-state index in [1.165, 1.54) is 25.9 Å². The average Bonchev–Trinajstić information content (AvgIpc) is 2.90. The largest absolute Gasteiger partial charge is 0.371 e. The molecule has 0 atom stereocenters. The van der Waals surface area contributed by atoms with E-state index in [-0.39, 0.29) is 5.82 Å². The molecule has 3 nitrogen and oxygen atoms in total. The molecule has 0 aromatic heterocycles. The zero-order valence-electron chi connectivity index (χ0n) is 12.0. The van der Waals surface area contributed by atoms with Crippen LogP contribution in [0.4, 0.5) is 10.1 Å². The van der Waals surface area contributed by atoms with E-state index < -0.39 is 0 Å². The fourth-order valence-corrected chi connectivity index (χ4v) is 2.73. The topological polar surface area (TPSA) is 18.5 Å². The number of rotatable bonds is 6. The Labute approximate surface area is 115 Å². The van der Waals surface area contributed by atoms with Crippen LogP contribution >= 0.6 is 0 Å². The number of hydrogen-bond donors (Lipinski definition) is 1. The number of para-hydroxylation sites is 1. The molecular formula is C15H24FN3. The maximum absolute atomic E-state index is 14.0. The molecule has 0 radical (unpaired) electrons. The highest BCUT2D eigenvalue weighted by molar-refractivity contribution is 5.54. The van der Waals surface area contributed by atoms with Gasteiger partial charge in [0.2, 0.25) is 0 Å². The van der Waals surface area contributed by atoms with E-state index in [0.29, 0.717) is 6.54 Å². The number of hydrogen-bond acceptors (Lipinski definition) is 3. The quantitative estimate of drug-likeness (QED) is 0.849. The monoisotopic (exact) mass is 265 g/mol. The molecule has 4 heteroatoms. The molecule has 0 saturated carbocycles. The van der Waals surface area contributed by atoms with Crippen molar-refractivity contribution >= 4 is 5.69 Å². The molecule has 2 rings (SSSR count). The third-order valence-corrected chi connectivity index (χ3v) is 3.77. The highest BCUT2D eigenvalue weighted by atomic mass is 19.1. The zero-order valence-corrected chi connectivity index (χ0v) is 12.0. The lowest BCUT2D eigenvalue weighted by Gasteiger charge is -2.25. The van der Waals surface area contributed by atoms with Gasteiger partial charge in [0, 0.05) is 26.7 Å². The van der Waals surface area contributed by atoms with Crippen LogP contribution in [0, 0.1) is 5.82 Å². The molecule has 1 N–H and O–H groups in total. The number of nitrogens with zero attached hydrogens (tertiary/aromatic N) is 2. The molecule has 1 aromatic rings. The van der Waals surface area contributed by atoms with Crippen molar-refractivity contribution in [1.82, 2.24) is 10.2 Å². The fraction of sp³-hybridized carbons (Fsp3) is 0.600. The average molecular weight is 265 g/mol. The summed E-state index contributed by atoms with van der Waals surface area (Å²) in [6.07, 6.45) is 2.60. The van der Waals surface area contributed by atoms with Gasteiger partial charge in [0.05, 0.1) is 5.69 Å². The van der Waals surface area contributed by atoms with Crippen molar-refractivity contribution in [3.05, 3.63) is 29.6 Å². The molecule has 0 amide bonds. The van der Waals surface area contributed by atoms with Gasteiger partial charge in [-0.15, -0.1) is 0 Å². The van der Waals surface area contributed by atoms with Crippen LogP contribution in [0.15, 0.2) is 18.2 Å². The van der Waals surface area contributed by atoms with E-state index in [1.54, 1.807) is 12.1 Å². The first-order valence-electron chi connectivity index (χ1n) is 7.08. The predicted molar refractivity (Wildman–Crippen MR) is 78.1 cm³/mol. The molecule has 1 fully saturated rings. The highest BCUT2D eigenvalue weighted by Crippen LogP contribution is 2.23. The van der Waals surface area contributed by atoms with Crippen LogP contribution < -0.4 is 10.2 Å². The van der Waals surface area contributed by atoms with Crippen LogP contribution in [0.1, 0.15) is 18.4 Å². The van der Waals surface area contributed by atoms with Crippen LogP contribution in [0.3, 0.4) is 0 Å². The first kappa shape index (κ1) is 14.3. The predicted octanol–water partition coefficient (Wildman–Crippen LogP) is 2.08. The highest BCUT2D eigenvalue weighted by Gasteiger charge is 2.15. The molecule has 19 heavy (non-hydrogen) atoms. The lowest BCUT2D eigenvalue weighted by atomic mass is 10.1. The Balaban J connectivity index is 2.02. The minimum Gasteiger partial charge on any atom is -0.371 e. The van der Waals surface area contributed by atoms with Crippen LogP contribution in [0.25, 0.3) is 0 Å². The Bertz CT molecular complexity index is 402. The van der Waals surface area contributed by atoms with Crippen molar-refractivity contribution < 1.29 is 4.39 Å². The van der Waals surface area contributed by atoms with Gasteiger partial charge in [0.25, 0.3) is 0 Å². The van der Waals surface area contributed by atoms with Gasteiger partial charge in [-0.2, -0.15) is 0 Å². The minimum atomic E-state index is -0.128. The number of likely N-dealkylation sites (tertiary alicyclic amines) is 1. The Kier molecular flexibility index (Phi) is 5.16. The van der Waals surface area contributed by atoms with Gasteiger partial charge in [-0.25, -0.2) is 4.39 Å². The normalized spacial score (nSPS) is 15.9. The number of anilines is 1. The van der Waals surface area contributed by atoms with Crippen molar-refractivity contribution in [2.24, 2.45) is 0 Å². The Morgan fingerprint density at radius 2 is 2.05 bits per heavy atom. The van der Waals surface area contributed by atoms with E-state index in [9.17, 15) is 4.39 Å². The van der Waals surface area contributed by atoms with E-state index in [2.05, 4.69) is 10.2 Å². The van der Waals surface area contributed by atoms with E-state index >= 15 is 0 Å². The van der Waals surface area contributed by atoms with Gasteiger partial charge >= 0.3 is 0 Å². The van der Waals surface area contributed by atoms with Crippen LogP contribution in [-0.4, -0.2) is 45.2 Å². The van der Waals surface area contributed by atoms with Crippen molar-refractivity contribution in [3.8, 4) is 0 Å². The van der Waals surface area contributed by atoms with Gasteiger partial charge in [-0.3, -0.25) is 0 Å².